The molecule has 1 aromatic carbocycles. The predicted octanol–water partition coefficient (Wildman–Crippen LogP) is 3.04. The lowest BCUT2D eigenvalue weighted by molar-refractivity contribution is 0.0691. The van der Waals surface area contributed by atoms with Crippen molar-refractivity contribution in [2.75, 3.05) is 44.5 Å². The van der Waals surface area contributed by atoms with Crippen molar-refractivity contribution in [3.05, 3.63) is 17.1 Å². The number of ether oxygens (including phenoxy) is 2. The molecule has 21 heavy (non-hydrogen) atoms. The molecular formula is C15H23N3O2S. The zero-order valence-corrected chi connectivity index (χ0v) is 13.5. The van der Waals surface area contributed by atoms with Gasteiger partial charge in [-0.3, -0.25) is 0 Å². The number of methoxy groups -OCH3 is 1. The highest BCUT2D eigenvalue weighted by atomic mass is 32.1. The number of hydrogen-bond donors (Lipinski definition) is 2. The molecule has 0 spiro atoms. The second kappa shape index (κ2) is 8.17. The minimum atomic E-state index is 0.655. The molecule has 0 aliphatic heterocycles. The fraction of sp³-hybridized carbons (Fsp3) is 0.533. The minimum Gasteiger partial charge on any atom is -0.397 e. The first kappa shape index (κ1) is 16.0. The highest BCUT2D eigenvalue weighted by Crippen LogP contribution is 2.29. The highest BCUT2D eigenvalue weighted by Gasteiger charge is 2.05. The van der Waals surface area contributed by atoms with Crippen molar-refractivity contribution in [2.45, 2.75) is 19.8 Å². The summed E-state index contributed by atoms with van der Waals surface area (Å²) in [5.41, 5.74) is 8.83. The van der Waals surface area contributed by atoms with E-state index in [0.29, 0.717) is 13.2 Å². The molecule has 1 aromatic heterocycles. The summed E-state index contributed by atoms with van der Waals surface area (Å²) in [5.74, 6) is 0. The number of rotatable bonds is 9. The van der Waals surface area contributed by atoms with Gasteiger partial charge in [-0.25, -0.2) is 4.98 Å². The first-order valence-corrected chi connectivity index (χ1v) is 7.99. The van der Waals surface area contributed by atoms with Crippen molar-refractivity contribution < 1.29 is 9.47 Å². The average Bonchev–Trinajstić information content (AvgIpc) is 2.81. The molecule has 2 aromatic rings. The molecule has 1 heterocycles. The van der Waals surface area contributed by atoms with Crippen LogP contribution in [0.3, 0.4) is 0 Å². The van der Waals surface area contributed by atoms with Gasteiger partial charge in [-0.05, 0) is 31.9 Å². The molecule has 0 amide bonds. The molecule has 0 fully saturated rings. The van der Waals surface area contributed by atoms with Gasteiger partial charge in [0.2, 0.25) is 0 Å². The maximum atomic E-state index is 6.07. The second-order valence-electron chi connectivity index (χ2n) is 4.88. The Bertz CT molecular complexity index is 571. The van der Waals surface area contributed by atoms with Crippen molar-refractivity contribution in [3.63, 3.8) is 0 Å². The predicted molar refractivity (Wildman–Crippen MR) is 89.2 cm³/mol. The molecule has 0 bridgehead atoms. The topological polar surface area (TPSA) is 69.4 Å². The third-order valence-corrected chi connectivity index (χ3v) is 4.06. The van der Waals surface area contributed by atoms with Crippen molar-refractivity contribution >= 4 is 32.9 Å². The minimum absolute atomic E-state index is 0.655. The number of hydrogen-bond acceptors (Lipinski definition) is 6. The Hall–Kier alpha value is -1.37. The summed E-state index contributed by atoms with van der Waals surface area (Å²) in [6.07, 6.45) is 2.06. The maximum absolute atomic E-state index is 6.07. The van der Waals surface area contributed by atoms with Gasteiger partial charge in [0.05, 0.1) is 39.8 Å². The van der Waals surface area contributed by atoms with Crippen molar-refractivity contribution in [1.29, 1.82) is 0 Å². The standard InChI is InChI=1S/C15H23N3O2S/c1-11-18-14-10-13(12(16)9-15(14)21-11)17-5-3-4-6-20-8-7-19-2/h9-10,17H,3-8,16H2,1-2H3. The van der Waals surface area contributed by atoms with Gasteiger partial charge in [0.1, 0.15) is 0 Å². The highest BCUT2D eigenvalue weighted by molar-refractivity contribution is 7.18. The molecule has 116 valence electrons. The number of aryl methyl sites for hydroxylation is 1. The van der Waals surface area contributed by atoms with Crippen LogP contribution in [0.5, 0.6) is 0 Å². The number of nitrogens with zero attached hydrogens (tertiary/aromatic N) is 1. The molecule has 0 aliphatic rings. The zero-order chi connectivity index (χ0) is 15.1. The molecule has 0 aliphatic carbocycles. The van der Waals surface area contributed by atoms with Crippen LogP contribution >= 0.6 is 11.3 Å². The van der Waals surface area contributed by atoms with Crippen LogP contribution in [0.2, 0.25) is 0 Å². The van der Waals surface area contributed by atoms with Gasteiger partial charge < -0.3 is 20.5 Å². The Morgan fingerprint density at radius 1 is 1.24 bits per heavy atom. The van der Waals surface area contributed by atoms with E-state index in [4.69, 9.17) is 15.2 Å². The average molecular weight is 309 g/mol. The maximum Gasteiger partial charge on any atom is 0.0907 e. The van der Waals surface area contributed by atoms with Crippen LogP contribution in [0.1, 0.15) is 17.8 Å². The van der Waals surface area contributed by atoms with Crippen LogP contribution < -0.4 is 11.1 Å². The molecule has 0 unspecified atom stereocenters. The van der Waals surface area contributed by atoms with E-state index >= 15 is 0 Å². The largest absolute Gasteiger partial charge is 0.397 e. The van der Waals surface area contributed by atoms with E-state index in [0.717, 1.165) is 52.6 Å². The summed E-state index contributed by atoms with van der Waals surface area (Å²) >= 11 is 1.67. The number of nitrogens with one attached hydrogen (secondary N) is 1. The van der Waals surface area contributed by atoms with Gasteiger partial charge in [-0.2, -0.15) is 0 Å². The normalized spacial score (nSPS) is 11.1. The summed E-state index contributed by atoms with van der Waals surface area (Å²) in [6.45, 7) is 4.98. The van der Waals surface area contributed by atoms with E-state index in [-0.39, 0.29) is 0 Å². The van der Waals surface area contributed by atoms with Crippen LogP contribution in [-0.4, -0.2) is 38.5 Å². The van der Waals surface area contributed by atoms with E-state index < -0.39 is 0 Å². The summed E-state index contributed by atoms with van der Waals surface area (Å²) in [7, 11) is 1.68. The molecular weight excluding hydrogens is 286 g/mol. The molecule has 0 saturated heterocycles. The molecule has 0 radical (unpaired) electrons. The third kappa shape index (κ3) is 4.84. The van der Waals surface area contributed by atoms with E-state index in [9.17, 15) is 0 Å². The number of fused-ring (bicyclic) bond motifs is 1. The molecule has 6 heteroatoms. The van der Waals surface area contributed by atoms with Crippen molar-refractivity contribution in [2.24, 2.45) is 0 Å². The number of anilines is 2. The number of benzene rings is 1. The number of nitrogen functional groups attached to an aromatic ring is 1. The van der Waals surface area contributed by atoms with Crippen molar-refractivity contribution in [3.8, 4) is 0 Å². The number of aromatic nitrogens is 1. The summed E-state index contributed by atoms with van der Waals surface area (Å²) in [6, 6.07) is 4.03. The lowest BCUT2D eigenvalue weighted by Gasteiger charge is -2.09. The Morgan fingerprint density at radius 3 is 2.90 bits per heavy atom. The van der Waals surface area contributed by atoms with E-state index in [2.05, 4.69) is 10.3 Å². The van der Waals surface area contributed by atoms with E-state index in [1.165, 1.54) is 0 Å². The van der Waals surface area contributed by atoms with Crippen molar-refractivity contribution in [1.82, 2.24) is 4.98 Å². The van der Waals surface area contributed by atoms with Gasteiger partial charge in [-0.1, -0.05) is 0 Å². The lowest BCUT2D eigenvalue weighted by Crippen LogP contribution is -2.07. The van der Waals surface area contributed by atoms with Gasteiger partial charge >= 0.3 is 0 Å². The molecule has 0 saturated carbocycles. The molecule has 3 N–H and O–H groups in total. The fourth-order valence-corrected chi connectivity index (χ4v) is 2.91. The second-order valence-corrected chi connectivity index (χ2v) is 6.11. The smallest absolute Gasteiger partial charge is 0.0907 e. The van der Waals surface area contributed by atoms with Crippen LogP contribution in [0.25, 0.3) is 10.2 Å². The molecule has 0 atom stereocenters. The molecule has 5 nitrogen and oxygen atoms in total. The Morgan fingerprint density at radius 2 is 2.10 bits per heavy atom. The zero-order valence-electron chi connectivity index (χ0n) is 12.6. The van der Waals surface area contributed by atoms with Gasteiger partial charge in [0, 0.05) is 20.3 Å². The summed E-state index contributed by atoms with van der Waals surface area (Å²) in [5, 5.41) is 4.44. The summed E-state index contributed by atoms with van der Waals surface area (Å²) < 4.78 is 11.5. The Labute approximate surface area is 129 Å². The monoisotopic (exact) mass is 309 g/mol. The van der Waals surface area contributed by atoms with Gasteiger partial charge in [0.25, 0.3) is 0 Å². The van der Waals surface area contributed by atoms with Crippen LogP contribution in [0, 0.1) is 6.92 Å². The first-order valence-electron chi connectivity index (χ1n) is 7.18. The lowest BCUT2D eigenvalue weighted by atomic mass is 10.2. The quantitative estimate of drug-likeness (QED) is 0.550. The van der Waals surface area contributed by atoms with E-state index in [1.807, 2.05) is 19.1 Å². The molecule has 2 rings (SSSR count). The van der Waals surface area contributed by atoms with Crippen LogP contribution in [0.15, 0.2) is 12.1 Å². The number of thiazole rings is 1. The summed E-state index contributed by atoms with van der Waals surface area (Å²) in [4.78, 5) is 4.49. The Kier molecular flexibility index (Phi) is 6.22. The van der Waals surface area contributed by atoms with Crippen LogP contribution in [0.4, 0.5) is 11.4 Å². The van der Waals surface area contributed by atoms with Crippen LogP contribution in [-0.2, 0) is 9.47 Å². The van der Waals surface area contributed by atoms with E-state index in [1.54, 1.807) is 18.4 Å². The van der Waals surface area contributed by atoms with Gasteiger partial charge in [0.15, 0.2) is 0 Å². The number of nitrogens with two attached hydrogens (primary N) is 1. The third-order valence-electron chi connectivity index (χ3n) is 3.13. The number of unbranched alkanes of at least 4 members (excludes halogenated alkanes) is 1. The SMILES string of the molecule is COCCOCCCCNc1cc2nc(C)sc2cc1N. The fourth-order valence-electron chi connectivity index (χ4n) is 2.05. The van der Waals surface area contributed by atoms with Gasteiger partial charge in [-0.15, -0.1) is 11.3 Å². The Balaban J connectivity index is 1.74. The first-order chi connectivity index (χ1) is 10.2.